The molecule has 2 nitrogen and oxygen atoms in total. The number of aryl methyl sites for hydroxylation is 1. The van der Waals surface area contributed by atoms with Crippen molar-refractivity contribution < 1.29 is 9.84 Å². The molecule has 0 aromatic heterocycles. The zero-order chi connectivity index (χ0) is 34.1. The van der Waals surface area contributed by atoms with Crippen LogP contribution in [0.4, 0.5) is 0 Å². The first-order valence-corrected chi connectivity index (χ1v) is 18.9. The maximum atomic E-state index is 8.76. The van der Waals surface area contributed by atoms with Gasteiger partial charge < -0.3 is 9.84 Å². The molecule has 0 aliphatic rings. The second-order valence-corrected chi connectivity index (χ2v) is 15.4. The van der Waals surface area contributed by atoms with Crippen molar-refractivity contribution in [2.24, 2.45) is 11.3 Å². The summed E-state index contributed by atoms with van der Waals surface area (Å²) in [6.07, 6.45) is 17.3. The molecule has 1 N–H and O–H groups in total. The average Bonchev–Trinajstić information content (AvgIpc) is 2.97. The number of aromatic hydroxyl groups is 1. The molecule has 0 fully saturated rings. The van der Waals surface area contributed by atoms with Crippen LogP contribution < -0.4 is 0 Å². The number of phenolic OH excluding ortho intramolecular Hbond substituents is 1. The van der Waals surface area contributed by atoms with Gasteiger partial charge in [-0.1, -0.05) is 102 Å². The van der Waals surface area contributed by atoms with E-state index < -0.39 is 0 Å². The van der Waals surface area contributed by atoms with Crippen LogP contribution in [0.25, 0.3) is 0 Å². The average molecular weight is 883 g/mol. The fourth-order valence-corrected chi connectivity index (χ4v) is 5.45. The zero-order valence-electron chi connectivity index (χ0n) is 31.0. The SMILES string of the molecule is C=C(/C=C/C(=C)CCCC(C)(C)OCCC(C)(C)Cc1cc[c-]cc1)CCCCC.CPCCC(C)C.Cc1ccc(O)cc1.[Cm]. The van der Waals surface area contributed by atoms with E-state index in [-0.39, 0.29) is 11.0 Å². The molecule has 46 heavy (non-hydrogen) atoms. The maximum Gasteiger partial charge on any atom is 0.115 e. The van der Waals surface area contributed by atoms with E-state index in [4.69, 9.17) is 9.84 Å². The molecule has 0 bridgehead atoms. The fraction of sp³-hybridized carbons (Fsp3) is 0.571. The minimum atomic E-state index is -0.0917. The van der Waals surface area contributed by atoms with Gasteiger partial charge in [0.15, 0.2) is 0 Å². The molecule has 262 valence electrons. The molecule has 0 heterocycles. The predicted molar refractivity (Wildman–Crippen MR) is 204 cm³/mol. The van der Waals surface area contributed by atoms with Gasteiger partial charge in [0, 0.05) is 6.61 Å². The molecule has 2 aromatic carbocycles. The molecule has 1 unspecified atom stereocenters. The van der Waals surface area contributed by atoms with Crippen molar-refractivity contribution in [3.8, 4) is 5.75 Å². The van der Waals surface area contributed by atoms with Crippen molar-refractivity contribution in [3.05, 3.63) is 102 Å². The molecule has 0 aliphatic carbocycles. The summed E-state index contributed by atoms with van der Waals surface area (Å²) in [7, 11) is 1.15. The van der Waals surface area contributed by atoms with Crippen LogP contribution in [0.5, 0.6) is 5.75 Å². The Labute approximate surface area is 281 Å². The van der Waals surface area contributed by atoms with Crippen molar-refractivity contribution in [2.45, 2.75) is 125 Å². The van der Waals surface area contributed by atoms with Gasteiger partial charge in [-0.05, 0) is 108 Å². The van der Waals surface area contributed by atoms with Crippen molar-refractivity contribution in [1.29, 1.82) is 0 Å². The maximum absolute atomic E-state index is 8.76. The predicted octanol–water partition coefficient (Wildman–Crippen LogP) is 12.7. The minimum absolute atomic E-state index is 0. The molecule has 0 radical (unpaired) electrons. The molecule has 0 saturated heterocycles. The van der Waals surface area contributed by atoms with Crippen LogP contribution in [0.3, 0.4) is 0 Å². The Morgan fingerprint density at radius 2 is 1.48 bits per heavy atom. The van der Waals surface area contributed by atoms with Crippen LogP contribution in [0, 0.1) is 24.3 Å². The van der Waals surface area contributed by atoms with Crippen molar-refractivity contribution in [1.82, 2.24) is 0 Å². The van der Waals surface area contributed by atoms with Crippen LogP contribution in [0.1, 0.15) is 117 Å². The fourth-order valence-electron chi connectivity index (χ4n) is 4.58. The van der Waals surface area contributed by atoms with Crippen LogP contribution in [0.2, 0.25) is 0 Å². The number of hydrogen-bond acceptors (Lipinski definition) is 2. The number of ether oxygens (including phenoxy) is 1. The number of hydrogen-bond donors (Lipinski definition) is 1. The van der Waals surface area contributed by atoms with Gasteiger partial charge in [0.1, 0.15) is 5.75 Å². The van der Waals surface area contributed by atoms with Crippen LogP contribution in [0.15, 0.2) is 85.0 Å². The summed E-state index contributed by atoms with van der Waals surface area (Å²) in [5, 5.41) is 8.76. The van der Waals surface area contributed by atoms with Gasteiger partial charge in [-0.15, -0.1) is 8.58 Å². The summed E-state index contributed by atoms with van der Waals surface area (Å²) < 4.78 is 6.27. The molecule has 0 saturated carbocycles. The third-order valence-corrected chi connectivity index (χ3v) is 8.47. The summed E-state index contributed by atoms with van der Waals surface area (Å²) in [4.78, 5) is 0. The topological polar surface area (TPSA) is 29.5 Å². The zero-order valence-corrected chi connectivity index (χ0v) is 34.9. The number of benzene rings is 2. The number of allylic oxidation sites excluding steroid dienone is 4. The smallest absolute Gasteiger partial charge is 0.115 e. The normalized spacial score (nSPS) is 11.5. The quantitative estimate of drug-likeness (QED) is 0.0659. The summed E-state index contributed by atoms with van der Waals surface area (Å²) in [6.45, 7) is 29.3. The number of unbranched alkanes of at least 4 members (excludes halogenated alkanes) is 2. The molecule has 4 heteroatoms. The summed E-state index contributed by atoms with van der Waals surface area (Å²) in [6, 6.07) is 18.5. The Kier molecular flexibility index (Phi) is 25.4. The minimum Gasteiger partial charge on any atom is -0.508 e. The van der Waals surface area contributed by atoms with Crippen molar-refractivity contribution in [2.75, 3.05) is 19.4 Å². The van der Waals surface area contributed by atoms with E-state index in [2.05, 4.69) is 98.6 Å². The molecule has 1 atom stereocenters. The Balaban J connectivity index is 0. The van der Waals surface area contributed by atoms with Crippen molar-refractivity contribution in [3.63, 3.8) is 0 Å². The summed E-state index contributed by atoms with van der Waals surface area (Å²) >= 11 is 0. The van der Waals surface area contributed by atoms with Gasteiger partial charge in [0.2, 0.25) is 0 Å². The summed E-state index contributed by atoms with van der Waals surface area (Å²) in [5.74, 6) is 1.24. The summed E-state index contributed by atoms with van der Waals surface area (Å²) in [5.41, 5.74) is 5.08. The molecular weight excluding hydrogens is 814 g/mol. The van der Waals surface area contributed by atoms with Gasteiger partial charge in [0.05, 0.1) is 5.60 Å². The van der Waals surface area contributed by atoms with E-state index in [1.807, 2.05) is 31.2 Å². The van der Waals surface area contributed by atoms with Crippen LogP contribution >= 0.6 is 8.58 Å². The van der Waals surface area contributed by atoms with Gasteiger partial charge in [-0.3, -0.25) is 0 Å². The Morgan fingerprint density at radius 3 is 1.96 bits per heavy atom. The molecule has 2 aromatic rings. The van der Waals surface area contributed by atoms with E-state index in [0.29, 0.717) is 5.75 Å². The van der Waals surface area contributed by atoms with E-state index in [1.54, 1.807) is 12.1 Å². The molecule has 2 rings (SSSR count). The first-order valence-electron chi connectivity index (χ1n) is 17.2. The van der Waals surface area contributed by atoms with Crippen LogP contribution in [-0.2, 0) is 11.2 Å². The van der Waals surface area contributed by atoms with E-state index in [1.165, 1.54) is 54.1 Å². The number of phenols is 1. The van der Waals surface area contributed by atoms with Crippen molar-refractivity contribution >= 4 is 8.58 Å². The molecule has 0 spiro atoms. The van der Waals surface area contributed by atoms with E-state index in [0.717, 1.165) is 59.6 Å². The molecule has 0 aliphatic heterocycles. The second-order valence-electron chi connectivity index (χ2n) is 14.2. The van der Waals surface area contributed by atoms with Gasteiger partial charge in [-0.2, -0.15) is 35.9 Å². The second kappa shape index (κ2) is 26.0. The molecule has 0 amide bonds. The Morgan fingerprint density at radius 1 is 0.913 bits per heavy atom. The standard InChI is InChI=1S/C29H45O.C7H8O.C6H15P.Cm/c1-8-9-11-15-25(2)19-20-26(3)16-14-21-29(6,7)30-23-22-28(4,5)24-27-17-12-10-13-18-27;1-6-2-4-7(8)5-3-6;1-6(2)4-5-7-3;/h12-13,17-20H,2-3,8-9,11,14-16,21-24H2,1,4-7H3;2-5,8H,1H3;6-7H,4-5H2,1-3H3;/q-1;;;/b20-19+;;;. The first-order chi connectivity index (χ1) is 21.2. The monoisotopic (exact) mass is 879 g/mol. The Bertz CT molecular complexity index is 1030. The van der Waals surface area contributed by atoms with E-state index in [9.17, 15) is 0 Å². The van der Waals surface area contributed by atoms with Gasteiger partial charge >= 0.3 is 0 Å². The largest absolute Gasteiger partial charge is 0.508 e. The van der Waals surface area contributed by atoms with Gasteiger partial charge in [-0.25, -0.2) is 0 Å². The van der Waals surface area contributed by atoms with Gasteiger partial charge in [0.25, 0.3) is 0 Å². The third kappa shape index (κ3) is 27.2. The first kappa shape index (κ1) is 45.0. The van der Waals surface area contributed by atoms with Crippen LogP contribution in [-0.4, -0.2) is 30.1 Å². The molecular formula is C42H68CmO2P-. The Hall–Kier alpha value is -3.15. The number of rotatable bonds is 19. The third-order valence-electron chi connectivity index (χ3n) is 7.68. The van der Waals surface area contributed by atoms with E-state index >= 15 is 0 Å².